The third-order valence-electron chi connectivity index (χ3n) is 2.45. The van der Waals surface area contributed by atoms with Crippen molar-refractivity contribution in [3.63, 3.8) is 0 Å². The molecule has 2 rings (SSSR count). The molecule has 0 aliphatic rings. The van der Waals surface area contributed by atoms with Crippen molar-refractivity contribution in [3.05, 3.63) is 63.1 Å². The maximum Gasteiger partial charge on any atom is 0.343 e. The van der Waals surface area contributed by atoms with Crippen molar-refractivity contribution in [1.82, 2.24) is 0 Å². The van der Waals surface area contributed by atoms with Gasteiger partial charge in [-0.2, -0.15) is 0 Å². The fraction of sp³-hybridized carbons (Fsp3) is 0. The van der Waals surface area contributed by atoms with Gasteiger partial charge in [-0.25, -0.2) is 4.79 Å². The second kappa shape index (κ2) is 6.54. The van der Waals surface area contributed by atoms with Gasteiger partial charge in [-0.05, 0) is 64.0 Å². The summed E-state index contributed by atoms with van der Waals surface area (Å²) >= 11 is 9.04. The first-order chi connectivity index (χ1) is 9.60. The predicted octanol–water partition coefficient (Wildman–Crippen LogP) is 4.13. The quantitative estimate of drug-likeness (QED) is 0.296. The van der Waals surface area contributed by atoms with Crippen LogP contribution in [0.4, 0.5) is 0 Å². The summed E-state index contributed by atoms with van der Waals surface area (Å²) in [5.41, 5.74) is 1.08. The molecule has 102 valence electrons. The van der Waals surface area contributed by atoms with Crippen molar-refractivity contribution in [2.45, 2.75) is 0 Å². The van der Waals surface area contributed by atoms with E-state index in [-0.39, 0.29) is 0 Å². The highest BCUT2D eigenvalue weighted by molar-refractivity contribution is 9.10. The lowest BCUT2D eigenvalue weighted by Gasteiger charge is -2.07. The van der Waals surface area contributed by atoms with Gasteiger partial charge in [-0.15, -0.1) is 0 Å². The molecule has 0 amide bonds. The number of nitrogens with zero attached hydrogens (tertiary/aromatic N) is 1. The first-order valence-corrected chi connectivity index (χ1v) is 6.72. The minimum atomic E-state index is -0.481. The Morgan fingerprint density at radius 3 is 2.55 bits per heavy atom. The average Bonchev–Trinajstić information content (AvgIpc) is 2.43. The van der Waals surface area contributed by atoms with Gasteiger partial charge in [0.15, 0.2) is 0 Å². The zero-order chi connectivity index (χ0) is 14.5. The highest BCUT2D eigenvalue weighted by Gasteiger charge is 2.11. The van der Waals surface area contributed by atoms with Gasteiger partial charge in [0, 0.05) is 5.02 Å². The molecular weight excluding hydrogens is 346 g/mol. The van der Waals surface area contributed by atoms with Gasteiger partial charge >= 0.3 is 5.97 Å². The van der Waals surface area contributed by atoms with Crippen LogP contribution in [0, 0.1) is 0 Å². The number of carbonyl (C=O) groups excluding carboxylic acids is 1. The third-order valence-corrected chi connectivity index (χ3v) is 3.32. The molecule has 0 bridgehead atoms. The molecule has 0 spiro atoms. The fourth-order valence-corrected chi connectivity index (χ4v) is 2.10. The summed E-state index contributed by atoms with van der Waals surface area (Å²) in [5, 5.41) is 11.9. The van der Waals surface area contributed by atoms with Crippen molar-refractivity contribution in [2.24, 2.45) is 5.16 Å². The summed E-state index contributed by atoms with van der Waals surface area (Å²) in [5.74, 6) is -0.106. The van der Waals surface area contributed by atoms with E-state index in [0.29, 0.717) is 26.4 Å². The highest BCUT2D eigenvalue weighted by atomic mass is 79.9. The van der Waals surface area contributed by atoms with Crippen molar-refractivity contribution in [3.8, 4) is 5.75 Å². The number of halogens is 2. The van der Waals surface area contributed by atoms with E-state index in [1.807, 2.05) is 0 Å². The normalized spacial score (nSPS) is 10.7. The molecule has 20 heavy (non-hydrogen) atoms. The van der Waals surface area contributed by atoms with Crippen LogP contribution in [0.3, 0.4) is 0 Å². The molecule has 0 aliphatic heterocycles. The van der Waals surface area contributed by atoms with Crippen LogP contribution in [-0.4, -0.2) is 17.4 Å². The first-order valence-electron chi connectivity index (χ1n) is 5.55. The molecule has 0 heterocycles. The molecular formula is C14H9BrClNO3. The van der Waals surface area contributed by atoms with Crippen LogP contribution < -0.4 is 4.74 Å². The Bertz CT molecular complexity index is 656. The molecule has 0 aromatic heterocycles. The summed E-state index contributed by atoms with van der Waals surface area (Å²) < 4.78 is 5.85. The molecule has 4 nitrogen and oxygen atoms in total. The number of carbonyl (C=O) groups is 1. The maximum atomic E-state index is 11.9. The Hall–Kier alpha value is -1.85. The van der Waals surface area contributed by atoms with E-state index >= 15 is 0 Å². The summed E-state index contributed by atoms with van der Waals surface area (Å²) in [7, 11) is 0. The van der Waals surface area contributed by atoms with E-state index in [9.17, 15) is 4.79 Å². The minimum Gasteiger partial charge on any atom is -0.422 e. The number of hydrogen-bond donors (Lipinski definition) is 1. The zero-order valence-corrected chi connectivity index (χ0v) is 12.4. The van der Waals surface area contributed by atoms with Gasteiger partial charge in [-0.1, -0.05) is 16.8 Å². The van der Waals surface area contributed by atoms with E-state index in [1.54, 1.807) is 42.5 Å². The zero-order valence-electron chi connectivity index (χ0n) is 10.1. The number of benzene rings is 2. The lowest BCUT2D eigenvalue weighted by molar-refractivity contribution is 0.0733. The number of rotatable bonds is 3. The number of oxime groups is 1. The fourth-order valence-electron chi connectivity index (χ4n) is 1.49. The molecule has 2 aromatic carbocycles. The van der Waals surface area contributed by atoms with Gasteiger partial charge < -0.3 is 9.94 Å². The van der Waals surface area contributed by atoms with Crippen molar-refractivity contribution >= 4 is 39.7 Å². The minimum absolute atomic E-state index is 0.375. The van der Waals surface area contributed by atoms with Gasteiger partial charge in [0.1, 0.15) is 5.75 Å². The molecule has 0 unspecified atom stereocenters. The molecule has 0 saturated heterocycles. The molecule has 0 radical (unpaired) electrons. The molecule has 0 saturated carbocycles. The molecule has 0 atom stereocenters. The molecule has 2 aromatic rings. The van der Waals surface area contributed by atoms with Crippen LogP contribution in [0.15, 0.2) is 52.1 Å². The number of hydrogen-bond acceptors (Lipinski definition) is 4. The number of esters is 1. The summed E-state index contributed by atoms with van der Waals surface area (Å²) in [6.45, 7) is 0. The highest BCUT2D eigenvalue weighted by Crippen LogP contribution is 2.26. The first kappa shape index (κ1) is 14.6. The topological polar surface area (TPSA) is 58.9 Å². The van der Waals surface area contributed by atoms with Gasteiger partial charge in [0.25, 0.3) is 0 Å². The van der Waals surface area contributed by atoms with E-state index in [0.717, 1.165) is 0 Å². The predicted molar refractivity (Wildman–Crippen MR) is 79.9 cm³/mol. The molecule has 0 aliphatic carbocycles. The van der Waals surface area contributed by atoms with Gasteiger partial charge in [0.2, 0.25) is 0 Å². The Labute approximate surface area is 128 Å². The van der Waals surface area contributed by atoms with E-state index in [4.69, 9.17) is 21.5 Å². The second-order valence-electron chi connectivity index (χ2n) is 3.83. The number of ether oxygens (including phenoxy) is 1. The smallest absolute Gasteiger partial charge is 0.343 e. The maximum absolute atomic E-state index is 11.9. The average molecular weight is 355 g/mol. The van der Waals surface area contributed by atoms with E-state index < -0.39 is 5.97 Å². The van der Waals surface area contributed by atoms with Crippen LogP contribution in [0.25, 0.3) is 0 Å². The standard InChI is InChI=1S/C14H9BrClNO3/c15-12-7-9(8-17-19)1-6-13(12)20-14(18)10-2-4-11(16)5-3-10/h1-8,19H/b17-8+. The Morgan fingerprint density at radius 2 is 1.95 bits per heavy atom. The third kappa shape index (κ3) is 3.59. The van der Waals surface area contributed by atoms with Crippen LogP contribution in [0.5, 0.6) is 5.75 Å². The van der Waals surface area contributed by atoms with Crippen LogP contribution in [0.1, 0.15) is 15.9 Å². The van der Waals surface area contributed by atoms with Crippen LogP contribution in [-0.2, 0) is 0 Å². The Morgan fingerprint density at radius 1 is 1.25 bits per heavy atom. The van der Waals surface area contributed by atoms with Crippen molar-refractivity contribution in [1.29, 1.82) is 0 Å². The SMILES string of the molecule is O=C(Oc1ccc(/C=N/O)cc1Br)c1ccc(Cl)cc1. The van der Waals surface area contributed by atoms with Crippen LogP contribution >= 0.6 is 27.5 Å². The molecule has 1 N–H and O–H groups in total. The van der Waals surface area contributed by atoms with E-state index in [1.165, 1.54) is 6.21 Å². The monoisotopic (exact) mass is 353 g/mol. The Balaban J connectivity index is 2.17. The van der Waals surface area contributed by atoms with Crippen molar-refractivity contribution in [2.75, 3.05) is 0 Å². The lowest BCUT2D eigenvalue weighted by Crippen LogP contribution is -2.08. The van der Waals surface area contributed by atoms with Gasteiger partial charge in [0.05, 0.1) is 16.3 Å². The summed E-state index contributed by atoms with van der Waals surface area (Å²) in [6, 6.07) is 11.4. The van der Waals surface area contributed by atoms with Crippen LogP contribution in [0.2, 0.25) is 5.02 Å². The van der Waals surface area contributed by atoms with Crippen molar-refractivity contribution < 1.29 is 14.7 Å². The summed E-state index contributed by atoms with van der Waals surface area (Å²) in [6.07, 6.45) is 1.27. The largest absolute Gasteiger partial charge is 0.422 e. The van der Waals surface area contributed by atoms with Gasteiger partial charge in [-0.3, -0.25) is 0 Å². The second-order valence-corrected chi connectivity index (χ2v) is 5.12. The summed E-state index contributed by atoms with van der Waals surface area (Å²) in [4.78, 5) is 11.9. The molecule has 6 heteroatoms. The lowest BCUT2D eigenvalue weighted by atomic mass is 10.2. The molecule has 0 fully saturated rings. The Kier molecular flexibility index (Phi) is 4.76. The van der Waals surface area contributed by atoms with E-state index in [2.05, 4.69) is 21.1 Å².